The lowest BCUT2D eigenvalue weighted by atomic mass is 10.0. The first-order chi connectivity index (χ1) is 9.81. The molecule has 0 fully saturated rings. The molecule has 0 aliphatic heterocycles. The molecule has 0 aromatic rings. The van der Waals surface area contributed by atoms with E-state index in [-0.39, 0.29) is 0 Å². The summed E-state index contributed by atoms with van der Waals surface area (Å²) in [4.78, 5) is 0. The summed E-state index contributed by atoms with van der Waals surface area (Å²) in [6.45, 7) is 4.79. The molecule has 1 atom stereocenters. The minimum atomic E-state index is 0.360. The van der Waals surface area contributed by atoms with Crippen LogP contribution in [-0.2, 0) is 0 Å². The van der Waals surface area contributed by atoms with Gasteiger partial charge in [0, 0.05) is 6.61 Å². The molecule has 0 saturated carbocycles. The van der Waals surface area contributed by atoms with E-state index in [1.54, 1.807) is 0 Å². The van der Waals surface area contributed by atoms with Gasteiger partial charge in [-0.3, -0.25) is 0 Å². The summed E-state index contributed by atoms with van der Waals surface area (Å²) in [5.74, 6) is 0.507. The van der Waals surface area contributed by atoms with Crippen LogP contribution in [0.2, 0.25) is 0 Å². The van der Waals surface area contributed by atoms with Crippen molar-refractivity contribution in [3.63, 3.8) is 0 Å². The van der Waals surface area contributed by atoms with Gasteiger partial charge in [-0.2, -0.15) is 0 Å². The highest BCUT2D eigenvalue weighted by Gasteiger charge is 1.99. The lowest BCUT2D eigenvalue weighted by Crippen LogP contribution is -1.99. The molecule has 0 amide bonds. The molecule has 20 heavy (non-hydrogen) atoms. The Morgan fingerprint density at radius 2 is 0.950 bits per heavy atom. The monoisotopic (exact) mass is 284 g/mol. The molecule has 0 aliphatic carbocycles. The van der Waals surface area contributed by atoms with Crippen molar-refractivity contribution < 1.29 is 5.11 Å². The smallest absolute Gasteiger partial charge is 0.0456 e. The van der Waals surface area contributed by atoms with Gasteiger partial charge in [-0.1, -0.05) is 104 Å². The zero-order valence-electron chi connectivity index (χ0n) is 14.3. The third-order valence-electron chi connectivity index (χ3n) is 4.36. The number of unbranched alkanes of at least 4 members (excludes halogenated alkanes) is 13. The van der Waals surface area contributed by atoms with E-state index in [1.807, 2.05) is 0 Å². The standard InChI is InChI=1S/C19H40O/c1-3-4-5-6-7-8-9-10-11-12-13-14-15-16-17-19(2)18-20/h19-20H,3-18H2,1-2H3/t19-/m0/s1. The Bertz CT molecular complexity index is 167. The first-order valence-corrected chi connectivity index (χ1v) is 9.42. The molecule has 1 heteroatoms. The fourth-order valence-electron chi connectivity index (χ4n) is 2.78. The van der Waals surface area contributed by atoms with Crippen molar-refractivity contribution in [2.45, 2.75) is 110 Å². The van der Waals surface area contributed by atoms with Crippen LogP contribution in [0, 0.1) is 5.92 Å². The van der Waals surface area contributed by atoms with Gasteiger partial charge >= 0.3 is 0 Å². The summed E-state index contributed by atoms with van der Waals surface area (Å²) in [7, 11) is 0. The molecule has 1 N–H and O–H groups in total. The average Bonchev–Trinajstić information content (AvgIpc) is 2.47. The van der Waals surface area contributed by atoms with E-state index < -0.39 is 0 Å². The van der Waals surface area contributed by atoms with Crippen molar-refractivity contribution in [2.75, 3.05) is 6.61 Å². The van der Waals surface area contributed by atoms with Crippen LogP contribution in [0.15, 0.2) is 0 Å². The second-order valence-electron chi connectivity index (χ2n) is 6.67. The van der Waals surface area contributed by atoms with Gasteiger partial charge in [-0.05, 0) is 12.3 Å². The van der Waals surface area contributed by atoms with Gasteiger partial charge in [-0.25, -0.2) is 0 Å². The predicted octanol–water partition coefficient (Wildman–Crippen LogP) is 6.49. The normalized spacial score (nSPS) is 12.8. The number of rotatable bonds is 16. The van der Waals surface area contributed by atoms with Crippen LogP contribution in [0.3, 0.4) is 0 Å². The van der Waals surface area contributed by atoms with Crippen LogP contribution in [-0.4, -0.2) is 11.7 Å². The topological polar surface area (TPSA) is 20.2 Å². The van der Waals surface area contributed by atoms with E-state index in [4.69, 9.17) is 5.11 Å². The molecule has 0 saturated heterocycles. The maximum atomic E-state index is 8.94. The Balaban J connectivity index is 2.96. The molecule has 0 unspecified atom stereocenters. The molecular formula is C19H40O. The maximum Gasteiger partial charge on any atom is 0.0456 e. The van der Waals surface area contributed by atoms with Crippen molar-refractivity contribution in [3.8, 4) is 0 Å². The van der Waals surface area contributed by atoms with Crippen molar-refractivity contribution >= 4 is 0 Å². The summed E-state index contributed by atoms with van der Waals surface area (Å²) < 4.78 is 0. The fourth-order valence-corrected chi connectivity index (χ4v) is 2.78. The summed E-state index contributed by atoms with van der Waals surface area (Å²) in [5.41, 5.74) is 0. The van der Waals surface area contributed by atoms with Crippen molar-refractivity contribution in [1.29, 1.82) is 0 Å². The molecule has 0 bridgehead atoms. The van der Waals surface area contributed by atoms with Gasteiger partial charge in [-0.15, -0.1) is 0 Å². The summed E-state index contributed by atoms with van der Waals surface area (Å²) >= 11 is 0. The second kappa shape index (κ2) is 17.0. The van der Waals surface area contributed by atoms with E-state index in [0.29, 0.717) is 12.5 Å². The van der Waals surface area contributed by atoms with Crippen LogP contribution in [0.25, 0.3) is 0 Å². The van der Waals surface area contributed by atoms with Gasteiger partial charge < -0.3 is 5.11 Å². The number of aliphatic hydroxyl groups is 1. The minimum absolute atomic E-state index is 0.360. The highest BCUT2D eigenvalue weighted by molar-refractivity contribution is 4.52. The van der Waals surface area contributed by atoms with Crippen LogP contribution >= 0.6 is 0 Å². The molecule has 0 aliphatic rings. The lowest BCUT2D eigenvalue weighted by molar-refractivity contribution is 0.227. The Hall–Kier alpha value is -0.0400. The van der Waals surface area contributed by atoms with Crippen LogP contribution < -0.4 is 0 Å². The van der Waals surface area contributed by atoms with E-state index in [0.717, 1.165) is 0 Å². The SMILES string of the molecule is CCCCCCCCCCCCCCCC[C@H](C)CO. The second-order valence-corrected chi connectivity index (χ2v) is 6.67. The van der Waals surface area contributed by atoms with Crippen molar-refractivity contribution in [2.24, 2.45) is 5.92 Å². The van der Waals surface area contributed by atoms with Gasteiger partial charge in [0.15, 0.2) is 0 Å². The average molecular weight is 285 g/mol. The Kier molecular flexibility index (Phi) is 17.0. The third-order valence-corrected chi connectivity index (χ3v) is 4.36. The first kappa shape index (κ1) is 20.0. The quantitative estimate of drug-likeness (QED) is 0.321. The molecule has 0 aromatic heterocycles. The molecule has 122 valence electrons. The largest absolute Gasteiger partial charge is 0.396 e. The summed E-state index contributed by atoms with van der Waals surface area (Å²) in [5, 5.41) is 8.94. The fraction of sp³-hybridized carbons (Fsp3) is 1.00. The lowest BCUT2D eigenvalue weighted by Gasteiger charge is -2.06. The van der Waals surface area contributed by atoms with E-state index in [2.05, 4.69) is 13.8 Å². The Labute approximate surface area is 128 Å². The first-order valence-electron chi connectivity index (χ1n) is 9.42. The minimum Gasteiger partial charge on any atom is -0.396 e. The van der Waals surface area contributed by atoms with E-state index in [1.165, 1.54) is 96.3 Å². The number of hydrogen-bond donors (Lipinski definition) is 1. The maximum absolute atomic E-state index is 8.94. The molecule has 0 spiro atoms. The summed E-state index contributed by atoms with van der Waals surface area (Å²) in [6, 6.07) is 0. The molecular weight excluding hydrogens is 244 g/mol. The number of hydrogen-bond acceptors (Lipinski definition) is 1. The van der Waals surface area contributed by atoms with Gasteiger partial charge in [0.2, 0.25) is 0 Å². The van der Waals surface area contributed by atoms with E-state index >= 15 is 0 Å². The van der Waals surface area contributed by atoms with Crippen LogP contribution in [0.1, 0.15) is 110 Å². The molecule has 1 nitrogen and oxygen atoms in total. The van der Waals surface area contributed by atoms with Crippen LogP contribution in [0.5, 0.6) is 0 Å². The van der Waals surface area contributed by atoms with Gasteiger partial charge in [0.25, 0.3) is 0 Å². The zero-order chi connectivity index (χ0) is 14.9. The van der Waals surface area contributed by atoms with E-state index in [9.17, 15) is 0 Å². The van der Waals surface area contributed by atoms with Crippen molar-refractivity contribution in [3.05, 3.63) is 0 Å². The summed E-state index contributed by atoms with van der Waals surface area (Å²) in [6.07, 6.45) is 21.1. The molecule has 0 rings (SSSR count). The van der Waals surface area contributed by atoms with Gasteiger partial charge in [0.1, 0.15) is 0 Å². The van der Waals surface area contributed by atoms with Crippen molar-refractivity contribution in [1.82, 2.24) is 0 Å². The molecule has 0 radical (unpaired) electrons. The zero-order valence-corrected chi connectivity index (χ0v) is 14.3. The van der Waals surface area contributed by atoms with Gasteiger partial charge in [0.05, 0.1) is 0 Å². The predicted molar refractivity (Wildman–Crippen MR) is 91.2 cm³/mol. The third kappa shape index (κ3) is 16.0. The number of aliphatic hydroxyl groups excluding tert-OH is 1. The van der Waals surface area contributed by atoms with Crippen LogP contribution in [0.4, 0.5) is 0 Å². The molecule has 0 aromatic carbocycles. The molecule has 0 heterocycles. The highest BCUT2D eigenvalue weighted by Crippen LogP contribution is 2.14. The Morgan fingerprint density at radius 1 is 0.600 bits per heavy atom. The highest BCUT2D eigenvalue weighted by atomic mass is 16.3. The Morgan fingerprint density at radius 3 is 1.30 bits per heavy atom.